The fourth-order valence-electron chi connectivity index (χ4n) is 2.91. The Morgan fingerprint density at radius 2 is 1.77 bits per heavy atom. The standard InChI is InChI=1S/C23H24FN3O3S/c1-15-12-22(27-23(26-15)17-5-7-18(24)8-6-17)31-14-21(28)25-11-10-16-4-9-19(29-2)20(13-16)30-3/h4-9,12-13H,10-11,14H2,1-3H3,(H,25,28). The van der Waals surface area contributed by atoms with E-state index in [0.29, 0.717) is 35.3 Å². The molecule has 162 valence electrons. The zero-order valence-electron chi connectivity index (χ0n) is 17.6. The first kappa shape index (κ1) is 22.6. The Hall–Kier alpha value is -3.13. The fourth-order valence-corrected chi connectivity index (χ4v) is 3.70. The molecule has 2 aromatic carbocycles. The molecule has 0 fully saturated rings. The van der Waals surface area contributed by atoms with Crippen LogP contribution >= 0.6 is 11.8 Å². The van der Waals surface area contributed by atoms with E-state index in [2.05, 4.69) is 15.3 Å². The van der Waals surface area contributed by atoms with Crippen LogP contribution in [-0.4, -0.2) is 42.4 Å². The van der Waals surface area contributed by atoms with Crippen molar-refractivity contribution in [3.8, 4) is 22.9 Å². The third kappa shape index (κ3) is 6.42. The van der Waals surface area contributed by atoms with Crippen molar-refractivity contribution in [3.05, 3.63) is 65.6 Å². The molecule has 0 aliphatic rings. The van der Waals surface area contributed by atoms with Crippen molar-refractivity contribution >= 4 is 17.7 Å². The first-order valence-corrected chi connectivity index (χ1v) is 10.7. The minimum Gasteiger partial charge on any atom is -0.493 e. The maximum atomic E-state index is 13.2. The maximum Gasteiger partial charge on any atom is 0.230 e. The average Bonchev–Trinajstić information content (AvgIpc) is 2.77. The third-order valence-electron chi connectivity index (χ3n) is 4.47. The van der Waals surface area contributed by atoms with E-state index in [-0.39, 0.29) is 17.5 Å². The van der Waals surface area contributed by atoms with Crippen LogP contribution in [0.25, 0.3) is 11.4 Å². The molecule has 0 aliphatic carbocycles. The number of rotatable bonds is 9. The Labute approximate surface area is 185 Å². The van der Waals surface area contributed by atoms with E-state index in [1.54, 1.807) is 26.4 Å². The molecule has 1 aromatic heterocycles. The molecular formula is C23H24FN3O3S. The zero-order chi connectivity index (χ0) is 22.2. The lowest BCUT2D eigenvalue weighted by Crippen LogP contribution is -2.27. The van der Waals surface area contributed by atoms with E-state index in [0.717, 1.165) is 16.8 Å². The van der Waals surface area contributed by atoms with Gasteiger partial charge in [0, 0.05) is 17.8 Å². The van der Waals surface area contributed by atoms with Gasteiger partial charge in [0.25, 0.3) is 0 Å². The lowest BCUT2D eigenvalue weighted by molar-refractivity contribution is -0.118. The number of ether oxygens (including phenoxy) is 2. The number of amides is 1. The van der Waals surface area contributed by atoms with Crippen LogP contribution in [0.15, 0.2) is 53.6 Å². The van der Waals surface area contributed by atoms with Crippen LogP contribution in [0.3, 0.4) is 0 Å². The van der Waals surface area contributed by atoms with Gasteiger partial charge in [0.15, 0.2) is 17.3 Å². The van der Waals surface area contributed by atoms with Crippen molar-refractivity contribution in [2.75, 3.05) is 26.5 Å². The summed E-state index contributed by atoms with van der Waals surface area (Å²) in [5.41, 5.74) is 2.55. The molecule has 0 unspecified atom stereocenters. The molecule has 1 heterocycles. The first-order chi connectivity index (χ1) is 15.0. The van der Waals surface area contributed by atoms with Crippen molar-refractivity contribution < 1.29 is 18.7 Å². The normalized spacial score (nSPS) is 10.6. The van der Waals surface area contributed by atoms with Crippen molar-refractivity contribution in [2.45, 2.75) is 18.4 Å². The minimum atomic E-state index is -0.309. The summed E-state index contributed by atoms with van der Waals surface area (Å²) in [6.07, 6.45) is 0.679. The summed E-state index contributed by atoms with van der Waals surface area (Å²) in [5.74, 6) is 1.70. The van der Waals surface area contributed by atoms with Gasteiger partial charge in [-0.3, -0.25) is 4.79 Å². The number of nitrogens with one attached hydrogen (secondary N) is 1. The predicted octanol–water partition coefficient (Wildman–Crippen LogP) is 4.06. The molecular weight excluding hydrogens is 417 g/mol. The van der Waals surface area contributed by atoms with E-state index in [1.807, 2.05) is 31.2 Å². The van der Waals surface area contributed by atoms with Crippen LogP contribution < -0.4 is 14.8 Å². The molecule has 0 radical (unpaired) electrons. The SMILES string of the molecule is COc1ccc(CCNC(=O)CSc2cc(C)nc(-c3ccc(F)cc3)n2)cc1OC. The van der Waals surface area contributed by atoms with Crippen LogP contribution in [0.2, 0.25) is 0 Å². The number of carbonyl (C=O) groups excluding carboxylic acids is 1. The van der Waals surface area contributed by atoms with E-state index >= 15 is 0 Å². The quantitative estimate of drug-likeness (QED) is 0.399. The molecule has 1 N–H and O–H groups in total. The molecule has 0 spiro atoms. The number of aryl methyl sites for hydroxylation is 1. The molecule has 6 nitrogen and oxygen atoms in total. The molecule has 0 saturated carbocycles. The van der Waals surface area contributed by atoms with Gasteiger partial charge in [0.2, 0.25) is 5.91 Å². The van der Waals surface area contributed by atoms with Gasteiger partial charge in [-0.25, -0.2) is 14.4 Å². The second-order valence-electron chi connectivity index (χ2n) is 6.76. The van der Waals surface area contributed by atoms with Crippen molar-refractivity contribution in [2.24, 2.45) is 0 Å². The molecule has 0 aliphatic heterocycles. The van der Waals surface area contributed by atoms with Gasteiger partial charge in [-0.1, -0.05) is 17.8 Å². The van der Waals surface area contributed by atoms with Crippen LogP contribution in [0.1, 0.15) is 11.3 Å². The predicted molar refractivity (Wildman–Crippen MR) is 119 cm³/mol. The lowest BCUT2D eigenvalue weighted by atomic mass is 10.1. The fraction of sp³-hybridized carbons (Fsp3) is 0.261. The highest BCUT2D eigenvalue weighted by atomic mass is 32.2. The summed E-state index contributed by atoms with van der Waals surface area (Å²) in [6, 6.07) is 13.6. The van der Waals surface area contributed by atoms with Crippen LogP contribution in [0, 0.1) is 12.7 Å². The number of benzene rings is 2. The monoisotopic (exact) mass is 441 g/mol. The number of hydrogen-bond donors (Lipinski definition) is 1. The molecule has 0 saturated heterocycles. The number of carbonyl (C=O) groups is 1. The number of nitrogens with zero attached hydrogens (tertiary/aromatic N) is 2. The molecule has 0 bridgehead atoms. The number of halogens is 1. The highest BCUT2D eigenvalue weighted by molar-refractivity contribution is 7.99. The first-order valence-electron chi connectivity index (χ1n) is 9.70. The molecule has 1 amide bonds. The smallest absolute Gasteiger partial charge is 0.230 e. The molecule has 31 heavy (non-hydrogen) atoms. The number of hydrogen-bond acceptors (Lipinski definition) is 6. The number of thioether (sulfide) groups is 1. The maximum absolute atomic E-state index is 13.2. The van der Waals surface area contributed by atoms with E-state index in [9.17, 15) is 9.18 Å². The van der Waals surface area contributed by atoms with E-state index in [4.69, 9.17) is 9.47 Å². The second kappa shape index (κ2) is 10.8. The summed E-state index contributed by atoms with van der Waals surface area (Å²) in [6.45, 7) is 2.38. The van der Waals surface area contributed by atoms with Gasteiger partial charge >= 0.3 is 0 Å². The van der Waals surface area contributed by atoms with Gasteiger partial charge in [0.05, 0.1) is 20.0 Å². The van der Waals surface area contributed by atoms with Gasteiger partial charge in [0.1, 0.15) is 10.8 Å². The van der Waals surface area contributed by atoms with E-state index in [1.165, 1.54) is 23.9 Å². The Bertz CT molecular complexity index is 1040. The highest BCUT2D eigenvalue weighted by Crippen LogP contribution is 2.27. The summed E-state index contributed by atoms with van der Waals surface area (Å²) >= 11 is 1.34. The summed E-state index contributed by atoms with van der Waals surface area (Å²) in [7, 11) is 3.19. The van der Waals surface area contributed by atoms with Crippen LogP contribution in [0.5, 0.6) is 11.5 Å². The summed E-state index contributed by atoms with van der Waals surface area (Å²) in [5, 5.41) is 3.61. The van der Waals surface area contributed by atoms with Crippen LogP contribution in [0.4, 0.5) is 4.39 Å². The summed E-state index contributed by atoms with van der Waals surface area (Å²) in [4.78, 5) is 21.1. The third-order valence-corrected chi connectivity index (χ3v) is 5.38. The van der Waals surface area contributed by atoms with Gasteiger partial charge in [-0.15, -0.1) is 0 Å². The van der Waals surface area contributed by atoms with Gasteiger partial charge in [-0.2, -0.15) is 0 Å². The number of aromatic nitrogens is 2. The van der Waals surface area contributed by atoms with Crippen LogP contribution in [-0.2, 0) is 11.2 Å². The highest BCUT2D eigenvalue weighted by Gasteiger charge is 2.09. The van der Waals surface area contributed by atoms with Gasteiger partial charge in [-0.05, 0) is 61.4 Å². The van der Waals surface area contributed by atoms with Gasteiger partial charge < -0.3 is 14.8 Å². The second-order valence-corrected chi connectivity index (χ2v) is 7.75. The topological polar surface area (TPSA) is 73.3 Å². The van der Waals surface area contributed by atoms with E-state index < -0.39 is 0 Å². The number of methoxy groups -OCH3 is 2. The van der Waals surface area contributed by atoms with Crippen molar-refractivity contribution in [3.63, 3.8) is 0 Å². The Morgan fingerprint density at radius 1 is 1.03 bits per heavy atom. The van der Waals surface area contributed by atoms with Crippen molar-refractivity contribution in [1.29, 1.82) is 0 Å². The minimum absolute atomic E-state index is 0.0786. The van der Waals surface area contributed by atoms with Crippen molar-refractivity contribution in [1.82, 2.24) is 15.3 Å². The Kier molecular flexibility index (Phi) is 7.83. The zero-order valence-corrected chi connectivity index (χ0v) is 18.5. The molecule has 3 aromatic rings. The molecule has 8 heteroatoms. The molecule has 0 atom stereocenters. The lowest BCUT2D eigenvalue weighted by Gasteiger charge is -2.10. The summed E-state index contributed by atoms with van der Waals surface area (Å²) < 4.78 is 23.7. The largest absolute Gasteiger partial charge is 0.493 e. The average molecular weight is 442 g/mol. The Balaban J connectivity index is 1.52. The Morgan fingerprint density at radius 3 is 2.48 bits per heavy atom. The molecule has 3 rings (SSSR count).